The van der Waals surface area contributed by atoms with Gasteiger partial charge in [-0.05, 0) is 36.4 Å². The van der Waals surface area contributed by atoms with E-state index in [2.05, 4.69) is 57.7 Å². The highest BCUT2D eigenvalue weighted by Crippen LogP contribution is 2.34. The second-order valence-electron chi connectivity index (χ2n) is 11.5. The Labute approximate surface area is 271 Å². The predicted molar refractivity (Wildman–Crippen MR) is 180 cm³/mol. The van der Waals surface area contributed by atoms with Crippen LogP contribution in [0.1, 0.15) is 32.0 Å². The van der Waals surface area contributed by atoms with Gasteiger partial charge in [-0.1, -0.05) is 51.1 Å². The third-order valence-electron chi connectivity index (χ3n) is 7.12. The number of aromatic nitrogens is 5. The largest absolute Gasteiger partial charge is 0.481 e. The third kappa shape index (κ3) is 6.94. The first-order valence-corrected chi connectivity index (χ1v) is 14.7. The van der Waals surface area contributed by atoms with Crippen LogP contribution in [0.5, 0.6) is 17.5 Å². The summed E-state index contributed by atoms with van der Waals surface area (Å²) >= 11 is 0. The molecule has 0 bridgehead atoms. The maximum atomic E-state index is 13.4. The molecule has 0 saturated carbocycles. The summed E-state index contributed by atoms with van der Waals surface area (Å²) in [6, 6.07) is 26.9. The summed E-state index contributed by atoms with van der Waals surface area (Å²) in [5.74, 6) is 2.14. The summed E-state index contributed by atoms with van der Waals surface area (Å²) in [5, 5.41) is 24.5. The van der Waals surface area contributed by atoms with Crippen LogP contribution in [0.3, 0.4) is 0 Å². The zero-order valence-corrected chi connectivity index (χ0v) is 26.1. The summed E-state index contributed by atoms with van der Waals surface area (Å²) in [6.07, 6.45) is 3.22. The normalized spacial score (nSPS) is 11.0. The topological polar surface area (TPSA) is 152 Å². The maximum absolute atomic E-state index is 13.4. The quantitative estimate of drug-likeness (QED) is 0.155. The number of ether oxygens (including phenoxy) is 2. The number of hydrogen-bond donors (Lipinski definition) is 3. The van der Waals surface area contributed by atoms with E-state index < -0.39 is 6.03 Å². The molecule has 6 aromatic rings. The number of urea groups is 1. The van der Waals surface area contributed by atoms with E-state index in [1.165, 1.54) is 0 Å². The Hall–Kier alpha value is -6.48. The van der Waals surface area contributed by atoms with E-state index in [-0.39, 0.29) is 5.41 Å². The van der Waals surface area contributed by atoms with Crippen LogP contribution in [0.15, 0.2) is 97.3 Å². The Morgan fingerprint density at radius 3 is 2.47 bits per heavy atom. The average molecular weight is 626 g/mol. The second-order valence-corrected chi connectivity index (χ2v) is 11.5. The second kappa shape index (κ2) is 12.9. The van der Waals surface area contributed by atoms with Gasteiger partial charge in [0.15, 0.2) is 0 Å². The molecule has 0 unspecified atom stereocenters. The molecule has 234 valence electrons. The summed E-state index contributed by atoms with van der Waals surface area (Å²) in [5.41, 5.74) is 3.00. The Bertz CT molecular complexity index is 2110. The lowest BCUT2D eigenvalue weighted by Crippen LogP contribution is -2.21. The number of nitriles is 1. The van der Waals surface area contributed by atoms with Crippen LogP contribution in [0.2, 0.25) is 0 Å². The lowest BCUT2D eigenvalue weighted by molar-refractivity contribution is 0.262. The molecule has 0 saturated heterocycles. The van der Waals surface area contributed by atoms with Crippen molar-refractivity contribution in [3.8, 4) is 29.3 Å². The van der Waals surface area contributed by atoms with Crippen molar-refractivity contribution < 1.29 is 14.3 Å². The van der Waals surface area contributed by atoms with Crippen molar-refractivity contribution in [1.82, 2.24) is 24.7 Å². The van der Waals surface area contributed by atoms with Gasteiger partial charge in [0.1, 0.15) is 11.6 Å². The van der Waals surface area contributed by atoms with Gasteiger partial charge in [0.05, 0.1) is 42.0 Å². The number of nitrogens with one attached hydrogen (secondary N) is 3. The molecular formula is C35H31N9O3. The van der Waals surface area contributed by atoms with Crippen molar-refractivity contribution >= 4 is 39.9 Å². The van der Waals surface area contributed by atoms with Crippen LogP contribution in [0.25, 0.3) is 16.5 Å². The third-order valence-corrected chi connectivity index (χ3v) is 7.12. The van der Waals surface area contributed by atoms with E-state index in [4.69, 9.17) is 14.6 Å². The number of fused-ring (bicyclic) bond motifs is 1. The van der Waals surface area contributed by atoms with Gasteiger partial charge in [0.2, 0.25) is 17.7 Å². The van der Waals surface area contributed by atoms with Gasteiger partial charge >= 0.3 is 6.03 Å². The van der Waals surface area contributed by atoms with Crippen LogP contribution in [-0.4, -0.2) is 37.9 Å². The highest BCUT2D eigenvalue weighted by Gasteiger charge is 2.22. The Morgan fingerprint density at radius 2 is 1.72 bits per heavy atom. The minimum absolute atomic E-state index is 0.257. The standard InChI is InChI=1S/C35H31N9O3/c1-35(2,3)29-19-30(44(43-29)24-12-15-31(46-4)38-21-24)41-34(45)40-27-13-14-28(26-11-6-5-10-25(26)27)47-32-16-17-37-33(42-32)39-23-9-7-8-22(18-23)20-36/h5-19,21H,1-4H3,(H,37,39,42)(H2,40,41,45). The SMILES string of the molecule is COc1ccc(-n2nc(C(C)(C)C)cc2NC(=O)Nc2ccc(Oc3ccnc(Nc4cccc(C#N)c4)n3)c3ccccc23)cn1. The summed E-state index contributed by atoms with van der Waals surface area (Å²) in [7, 11) is 1.55. The van der Waals surface area contributed by atoms with Gasteiger partial charge in [-0.2, -0.15) is 15.3 Å². The molecule has 12 nitrogen and oxygen atoms in total. The Morgan fingerprint density at radius 1 is 0.894 bits per heavy atom. The van der Waals surface area contributed by atoms with Crippen molar-refractivity contribution in [2.75, 3.05) is 23.1 Å². The summed E-state index contributed by atoms with van der Waals surface area (Å²) in [4.78, 5) is 26.4. The molecule has 3 aromatic heterocycles. The van der Waals surface area contributed by atoms with Gasteiger partial charge in [0.25, 0.3) is 0 Å². The molecule has 0 aliphatic carbocycles. The molecule has 3 aromatic carbocycles. The molecule has 0 aliphatic rings. The van der Waals surface area contributed by atoms with Crippen molar-refractivity contribution in [3.05, 3.63) is 109 Å². The number of hydrogen-bond acceptors (Lipinski definition) is 9. The van der Waals surface area contributed by atoms with E-state index in [9.17, 15) is 10.1 Å². The van der Waals surface area contributed by atoms with Gasteiger partial charge in [-0.15, -0.1) is 0 Å². The molecule has 3 N–H and O–H groups in total. The molecule has 47 heavy (non-hydrogen) atoms. The first kappa shape index (κ1) is 30.5. The fourth-order valence-corrected chi connectivity index (χ4v) is 4.76. The smallest absolute Gasteiger partial charge is 0.324 e. The van der Waals surface area contributed by atoms with Crippen LogP contribution in [0, 0.1) is 11.3 Å². The monoisotopic (exact) mass is 625 g/mol. The number of anilines is 4. The van der Waals surface area contributed by atoms with Crippen LogP contribution in [0.4, 0.5) is 27.9 Å². The number of pyridine rings is 1. The Balaban J connectivity index is 1.23. The van der Waals surface area contributed by atoms with Crippen LogP contribution >= 0.6 is 0 Å². The number of benzene rings is 3. The van der Waals surface area contributed by atoms with Gasteiger partial charge in [-0.3, -0.25) is 5.32 Å². The molecular weight excluding hydrogens is 594 g/mol. The molecule has 2 amide bonds. The van der Waals surface area contributed by atoms with Crippen LogP contribution in [-0.2, 0) is 5.41 Å². The number of rotatable bonds is 8. The van der Waals surface area contributed by atoms with Crippen molar-refractivity contribution in [2.24, 2.45) is 0 Å². The van der Waals surface area contributed by atoms with Crippen molar-refractivity contribution in [1.29, 1.82) is 5.26 Å². The number of nitrogens with zero attached hydrogens (tertiary/aromatic N) is 6. The fraction of sp³-hybridized carbons (Fsp3) is 0.143. The van der Waals surface area contributed by atoms with E-state index in [1.807, 2.05) is 42.5 Å². The van der Waals surface area contributed by atoms with E-state index >= 15 is 0 Å². The summed E-state index contributed by atoms with van der Waals surface area (Å²) in [6.45, 7) is 6.16. The average Bonchev–Trinajstić information content (AvgIpc) is 3.50. The zero-order chi connectivity index (χ0) is 33.0. The first-order valence-electron chi connectivity index (χ1n) is 14.7. The van der Waals surface area contributed by atoms with Crippen molar-refractivity contribution in [2.45, 2.75) is 26.2 Å². The molecule has 0 atom stereocenters. The molecule has 0 spiro atoms. The molecule has 6 rings (SSSR count). The number of amides is 2. The van der Waals surface area contributed by atoms with E-state index in [1.54, 1.807) is 66.6 Å². The zero-order valence-electron chi connectivity index (χ0n) is 26.1. The first-order chi connectivity index (χ1) is 22.7. The predicted octanol–water partition coefficient (Wildman–Crippen LogP) is 7.57. The number of methoxy groups -OCH3 is 1. The van der Waals surface area contributed by atoms with E-state index in [0.29, 0.717) is 51.9 Å². The molecule has 12 heteroatoms. The molecule has 0 radical (unpaired) electrons. The van der Waals surface area contributed by atoms with Gasteiger partial charge < -0.3 is 20.1 Å². The van der Waals surface area contributed by atoms with Crippen LogP contribution < -0.4 is 25.4 Å². The highest BCUT2D eigenvalue weighted by atomic mass is 16.5. The highest BCUT2D eigenvalue weighted by molar-refractivity contribution is 6.07. The van der Waals surface area contributed by atoms with Gasteiger partial charge in [0, 0.05) is 46.3 Å². The minimum Gasteiger partial charge on any atom is -0.481 e. The molecule has 0 aliphatic heterocycles. The van der Waals surface area contributed by atoms with E-state index in [0.717, 1.165) is 16.5 Å². The molecule has 3 heterocycles. The number of carbonyl (C=O) groups is 1. The Kier molecular flexibility index (Phi) is 8.36. The minimum atomic E-state index is -0.445. The van der Waals surface area contributed by atoms with Crippen molar-refractivity contribution in [3.63, 3.8) is 0 Å². The fourth-order valence-electron chi connectivity index (χ4n) is 4.76. The molecule has 0 fully saturated rings. The lowest BCUT2D eigenvalue weighted by atomic mass is 9.92. The maximum Gasteiger partial charge on any atom is 0.324 e. The summed E-state index contributed by atoms with van der Waals surface area (Å²) < 4.78 is 13.0. The van der Waals surface area contributed by atoms with Gasteiger partial charge in [-0.25, -0.2) is 19.4 Å². The lowest BCUT2D eigenvalue weighted by Gasteiger charge is -2.14. The number of carbonyl (C=O) groups excluding carboxylic acids is 1.